The van der Waals surface area contributed by atoms with Gasteiger partial charge in [-0.1, -0.05) is 6.07 Å². The number of benzene rings is 2. The Hall–Kier alpha value is -5.59. The van der Waals surface area contributed by atoms with Crippen LogP contribution in [0.5, 0.6) is 0 Å². The van der Waals surface area contributed by atoms with Crippen LogP contribution in [0, 0.1) is 13.8 Å². The maximum Gasteiger partial charge on any atom is 0.421 e. The number of anilines is 3. The fraction of sp³-hybridized carbons (Fsp3) is 0.212. The molecule has 3 heterocycles. The smallest absolute Gasteiger partial charge is 0.421 e. The van der Waals surface area contributed by atoms with Crippen molar-refractivity contribution in [3.8, 4) is 16.9 Å². The molecule has 2 amide bonds. The van der Waals surface area contributed by atoms with E-state index in [-0.39, 0.29) is 28.6 Å². The Bertz CT molecular complexity index is 1900. The molecular formula is C33H30F3N7O3. The molecule has 46 heavy (non-hydrogen) atoms. The molecule has 5 rings (SSSR count). The molecule has 0 unspecified atom stereocenters. The number of pyridine rings is 1. The Labute approximate surface area is 262 Å². The van der Waals surface area contributed by atoms with Crippen molar-refractivity contribution in [2.45, 2.75) is 46.4 Å². The summed E-state index contributed by atoms with van der Waals surface area (Å²) < 4.78 is 48.5. The molecule has 0 aliphatic heterocycles. The van der Waals surface area contributed by atoms with Gasteiger partial charge in [-0.25, -0.2) is 24.6 Å². The lowest BCUT2D eigenvalue weighted by Crippen LogP contribution is -2.35. The minimum absolute atomic E-state index is 0.0191. The van der Waals surface area contributed by atoms with E-state index < -0.39 is 29.3 Å². The number of imidazole rings is 1. The summed E-state index contributed by atoms with van der Waals surface area (Å²) in [6.07, 6.45) is 2.23. The first-order valence-electron chi connectivity index (χ1n) is 14.1. The molecule has 0 fully saturated rings. The van der Waals surface area contributed by atoms with E-state index in [1.165, 1.54) is 35.3 Å². The van der Waals surface area contributed by atoms with Crippen LogP contribution in [0.4, 0.5) is 35.3 Å². The first-order valence-corrected chi connectivity index (χ1v) is 14.1. The lowest BCUT2D eigenvalue weighted by Gasteiger charge is -2.27. The van der Waals surface area contributed by atoms with Gasteiger partial charge in [0.25, 0.3) is 5.91 Å². The van der Waals surface area contributed by atoms with Gasteiger partial charge in [-0.15, -0.1) is 0 Å². The summed E-state index contributed by atoms with van der Waals surface area (Å²) in [4.78, 5) is 45.4. The highest BCUT2D eigenvalue weighted by Crippen LogP contribution is 2.34. The molecule has 1 N–H and O–H groups in total. The van der Waals surface area contributed by atoms with Crippen molar-refractivity contribution < 1.29 is 27.5 Å². The molecular weight excluding hydrogens is 599 g/mol. The first kappa shape index (κ1) is 31.8. The highest BCUT2D eigenvalue weighted by Gasteiger charge is 2.32. The van der Waals surface area contributed by atoms with E-state index >= 15 is 0 Å². The number of hydrogen-bond donors (Lipinski definition) is 1. The van der Waals surface area contributed by atoms with Gasteiger partial charge in [0, 0.05) is 47.3 Å². The van der Waals surface area contributed by atoms with Crippen LogP contribution in [0.15, 0.2) is 85.7 Å². The van der Waals surface area contributed by atoms with Gasteiger partial charge in [0.15, 0.2) is 0 Å². The Kier molecular flexibility index (Phi) is 8.59. The largest absolute Gasteiger partial charge is 0.443 e. The number of aromatic nitrogens is 5. The number of hydrogen-bond acceptors (Lipinski definition) is 7. The second kappa shape index (κ2) is 12.4. The number of aryl methyl sites for hydroxylation is 2. The molecule has 0 bridgehead atoms. The normalized spacial score (nSPS) is 11.7. The fourth-order valence-electron chi connectivity index (χ4n) is 4.48. The van der Waals surface area contributed by atoms with Crippen LogP contribution in [0.2, 0.25) is 0 Å². The summed E-state index contributed by atoms with van der Waals surface area (Å²) >= 11 is 0. The van der Waals surface area contributed by atoms with Gasteiger partial charge in [-0.05, 0) is 88.7 Å². The van der Waals surface area contributed by atoms with Gasteiger partial charge in [-0.2, -0.15) is 13.2 Å². The Balaban J connectivity index is 1.54. The molecule has 2 aromatic carbocycles. The Morgan fingerprint density at radius 3 is 2.39 bits per heavy atom. The molecule has 0 atom stereocenters. The molecule has 13 heteroatoms. The lowest BCUT2D eigenvalue weighted by atomic mass is 10.1. The van der Waals surface area contributed by atoms with E-state index in [1.807, 2.05) is 0 Å². The number of carbonyl (C=O) groups excluding carboxylic acids is 2. The van der Waals surface area contributed by atoms with Crippen molar-refractivity contribution in [2.75, 3.05) is 10.2 Å². The maximum absolute atomic E-state index is 13.8. The zero-order chi connectivity index (χ0) is 33.2. The predicted octanol–water partition coefficient (Wildman–Crippen LogP) is 7.69. The van der Waals surface area contributed by atoms with Gasteiger partial charge < -0.3 is 14.6 Å². The van der Waals surface area contributed by atoms with Crippen LogP contribution in [0.25, 0.3) is 16.9 Å². The van der Waals surface area contributed by atoms with Crippen LogP contribution >= 0.6 is 0 Å². The topological polar surface area (TPSA) is 115 Å². The maximum atomic E-state index is 13.8. The van der Waals surface area contributed by atoms with Gasteiger partial charge in [-0.3, -0.25) is 9.78 Å². The number of nitrogens with zero attached hydrogens (tertiary/aromatic N) is 6. The van der Waals surface area contributed by atoms with Crippen molar-refractivity contribution in [2.24, 2.45) is 0 Å². The minimum Gasteiger partial charge on any atom is -0.443 e. The average molecular weight is 630 g/mol. The van der Waals surface area contributed by atoms with Crippen LogP contribution < -0.4 is 10.2 Å². The number of halogens is 3. The fourth-order valence-corrected chi connectivity index (χ4v) is 4.48. The molecule has 0 spiro atoms. The molecule has 0 aliphatic carbocycles. The van der Waals surface area contributed by atoms with Crippen molar-refractivity contribution in [1.29, 1.82) is 0 Å². The first-order chi connectivity index (χ1) is 21.7. The average Bonchev–Trinajstić information content (AvgIpc) is 3.43. The van der Waals surface area contributed by atoms with Crippen LogP contribution in [0.3, 0.4) is 0 Å². The number of alkyl halides is 3. The lowest BCUT2D eigenvalue weighted by molar-refractivity contribution is -0.137. The monoisotopic (exact) mass is 629 g/mol. The molecule has 236 valence electrons. The number of carbonyl (C=O) groups is 2. The van der Waals surface area contributed by atoms with Crippen molar-refractivity contribution in [1.82, 2.24) is 24.5 Å². The van der Waals surface area contributed by atoms with E-state index in [9.17, 15) is 22.8 Å². The van der Waals surface area contributed by atoms with E-state index in [2.05, 4.69) is 25.3 Å². The summed E-state index contributed by atoms with van der Waals surface area (Å²) in [5, 5.41) is 2.57. The quantitative estimate of drug-likeness (QED) is 0.205. The Morgan fingerprint density at radius 2 is 1.74 bits per heavy atom. The van der Waals surface area contributed by atoms with Crippen LogP contribution in [-0.2, 0) is 10.9 Å². The van der Waals surface area contributed by atoms with E-state index in [0.29, 0.717) is 22.5 Å². The second-order valence-electron chi connectivity index (χ2n) is 11.4. The van der Waals surface area contributed by atoms with Gasteiger partial charge in [0.05, 0.1) is 29.0 Å². The molecule has 3 aromatic heterocycles. The van der Waals surface area contributed by atoms with Crippen molar-refractivity contribution in [3.05, 3.63) is 108 Å². The third-order valence-electron chi connectivity index (χ3n) is 6.60. The van der Waals surface area contributed by atoms with Crippen LogP contribution in [-0.4, -0.2) is 42.1 Å². The third-order valence-corrected chi connectivity index (χ3v) is 6.60. The van der Waals surface area contributed by atoms with Gasteiger partial charge in [0.2, 0.25) is 5.95 Å². The molecule has 10 nitrogen and oxygen atoms in total. The SMILES string of the molecule is Cc1cn(-c2cc(NC(=O)c3ccc(C)c(N(C(=O)OC(C)(C)C)c4nccc(-c5cccnc5)n4)c3)cc(C(F)(F)F)c2)cn1. The van der Waals surface area contributed by atoms with Crippen LogP contribution in [0.1, 0.15) is 48.0 Å². The highest BCUT2D eigenvalue weighted by molar-refractivity contribution is 6.06. The second-order valence-corrected chi connectivity index (χ2v) is 11.4. The summed E-state index contributed by atoms with van der Waals surface area (Å²) in [6.45, 7) is 8.57. The summed E-state index contributed by atoms with van der Waals surface area (Å²) in [5.74, 6) is -0.725. The molecule has 0 aliphatic rings. The van der Waals surface area contributed by atoms with E-state index in [4.69, 9.17) is 4.74 Å². The zero-order valence-corrected chi connectivity index (χ0v) is 25.6. The summed E-state index contributed by atoms with van der Waals surface area (Å²) in [7, 11) is 0. The minimum atomic E-state index is -4.67. The summed E-state index contributed by atoms with van der Waals surface area (Å²) in [6, 6.07) is 13.0. The van der Waals surface area contributed by atoms with Gasteiger partial charge >= 0.3 is 12.3 Å². The van der Waals surface area contributed by atoms with Crippen molar-refractivity contribution >= 4 is 29.3 Å². The molecule has 0 saturated heterocycles. The van der Waals surface area contributed by atoms with E-state index in [0.717, 1.165) is 17.0 Å². The third kappa shape index (κ3) is 7.37. The predicted molar refractivity (Wildman–Crippen MR) is 166 cm³/mol. The molecule has 0 radical (unpaired) electrons. The number of nitrogens with one attached hydrogen (secondary N) is 1. The molecule has 0 saturated carbocycles. The highest BCUT2D eigenvalue weighted by atomic mass is 19.4. The van der Waals surface area contributed by atoms with E-state index in [1.54, 1.807) is 77.5 Å². The summed E-state index contributed by atoms with van der Waals surface area (Å²) in [5.41, 5.74) is 0.926. The number of rotatable bonds is 6. The standard InChI is InChI=1S/C33H30F3N7O3/c1-20-8-9-22(29(44)40-25-14-24(33(34,35)36)15-26(16-25)42-18-21(2)39-19-42)13-28(20)43(31(45)46-32(3,4)5)30-38-12-10-27(41-30)23-7-6-11-37-17-23/h6-19H,1-5H3,(H,40,44). The number of ether oxygens (including phenoxy) is 1. The number of amides is 2. The molecule has 5 aromatic rings. The van der Waals surface area contributed by atoms with Gasteiger partial charge in [0.1, 0.15) is 5.60 Å². The zero-order valence-electron chi connectivity index (χ0n) is 25.6. The van der Waals surface area contributed by atoms with Crippen molar-refractivity contribution in [3.63, 3.8) is 0 Å². The Morgan fingerprint density at radius 1 is 0.957 bits per heavy atom.